The number of aromatic amines is 1. The number of nitrogens with one attached hydrogen (secondary N) is 3. The smallest absolute Gasteiger partial charge is 0.242 e. The highest BCUT2D eigenvalue weighted by atomic mass is 16.2. The van der Waals surface area contributed by atoms with Gasteiger partial charge in [-0.3, -0.25) is 9.59 Å². The molecule has 0 aliphatic rings. The molecule has 0 radical (unpaired) electrons. The van der Waals surface area contributed by atoms with Crippen LogP contribution in [-0.4, -0.2) is 34.4 Å². The van der Waals surface area contributed by atoms with Crippen LogP contribution in [0, 0.1) is 0 Å². The number of aromatic nitrogens is 1. The Morgan fingerprint density at radius 2 is 1.88 bits per heavy atom. The molecule has 0 saturated carbocycles. The first-order valence-electron chi connectivity index (χ1n) is 8.10. The molecule has 0 spiro atoms. The van der Waals surface area contributed by atoms with Crippen molar-refractivity contribution in [2.45, 2.75) is 51.7 Å². The molecule has 0 aliphatic carbocycles. The molecule has 6 heteroatoms. The van der Waals surface area contributed by atoms with E-state index in [0.29, 0.717) is 6.42 Å². The van der Waals surface area contributed by atoms with Gasteiger partial charge >= 0.3 is 0 Å². The van der Waals surface area contributed by atoms with Gasteiger partial charge in [0.25, 0.3) is 0 Å². The summed E-state index contributed by atoms with van der Waals surface area (Å²) in [5, 5.41) is 6.56. The third kappa shape index (κ3) is 4.58. The molecule has 2 amide bonds. The van der Waals surface area contributed by atoms with E-state index in [1.54, 1.807) is 6.92 Å². The maximum absolute atomic E-state index is 12.3. The third-order valence-electron chi connectivity index (χ3n) is 3.70. The number of rotatable bonds is 5. The minimum Gasteiger partial charge on any atom is -0.361 e. The first-order chi connectivity index (χ1) is 11.2. The summed E-state index contributed by atoms with van der Waals surface area (Å²) >= 11 is 0. The zero-order valence-electron chi connectivity index (χ0n) is 14.6. The Balaban J connectivity index is 1.96. The molecule has 6 nitrogen and oxygen atoms in total. The van der Waals surface area contributed by atoms with Crippen LogP contribution in [0.2, 0.25) is 0 Å². The second kappa shape index (κ2) is 7.05. The highest BCUT2D eigenvalue weighted by Gasteiger charge is 2.23. The Morgan fingerprint density at radius 3 is 2.54 bits per heavy atom. The largest absolute Gasteiger partial charge is 0.361 e. The van der Waals surface area contributed by atoms with E-state index in [9.17, 15) is 9.59 Å². The van der Waals surface area contributed by atoms with E-state index in [1.807, 2.05) is 51.2 Å². The third-order valence-corrected chi connectivity index (χ3v) is 3.70. The molecule has 1 aromatic heterocycles. The summed E-state index contributed by atoms with van der Waals surface area (Å²) in [6, 6.07) is 6.52. The number of hydrogen-bond donors (Lipinski definition) is 4. The van der Waals surface area contributed by atoms with E-state index in [1.165, 1.54) is 0 Å². The van der Waals surface area contributed by atoms with Crippen LogP contribution in [0.4, 0.5) is 0 Å². The summed E-state index contributed by atoms with van der Waals surface area (Å²) in [5.41, 5.74) is 7.67. The molecular formula is C18H26N4O2. The van der Waals surface area contributed by atoms with E-state index in [-0.39, 0.29) is 17.4 Å². The van der Waals surface area contributed by atoms with Gasteiger partial charge < -0.3 is 21.4 Å². The lowest BCUT2D eigenvalue weighted by molar-refractivity contribution is -0.130. The fourth-order valence-corrected chi connectivity index (χ4v) is 2.49. The normalized spacial score (nSPS) is 14.2. The molecule has 2 rings (SSSR count). The predicted molar refractivity (Wildman–Crippen MR) is 95.5 cm³/mol. The maximum atomic E-state index is 12.3. The van der Waals surface area contributed by atoms with Crippen LogP contribution in [0.25, 0.3) is 10.9 Å². The van der Waals surface area contributed by atoms with Gasteiger partial charge in [-0.05, 0) is 45.7 Å². The Hall–Kier alpha value is -2.34. The number of carbonyl (C=O) groups excluding carboxylic acids is 2. The molecule has 2 aromatic rings. The van der Waals surface area contributed by atoms with Crippen molar-refractivity contribution in [2.75, 3.05) is 0 Å². The molecule has 130 valence electrons. The van der Waals surface area contributed by atoms with Crippen LogP contribution in [0.15, 0.2) is 30.5 Å². The Kier molecular flexibility index (Phi) is 5.29. The number of fused-ring (bicyclic) bond motifs is 1. The lowest BCUT2D eigenvalue weighted by Gasteiger charge is -2.24. The van der Waals surface area contributed by atoms with Crippen molar-refractivity contribution in [3.63, 3.8) is 0 Å². The van der Waals surface area contributed by atoms with Gasteiger partial charge in [0.2, 0.25) is 11.8 Å². The summed E-state index contributed by atoms with van der Waals surface area (Å²) in [6.07, 6.45) is 2.27. The summed E-state index contributed by atoms with van der Waals surface area (Å²) in [7, 11) is 0. The standard InChI is InChI=1S/C18H26N4O2/c1-11(16(23)22-18(2,3)4)21-17(24)14(19)9-12-10-20-15-8-6-5-7-13(12)15/h5-8,10-11,14,20H,9,19H2,1-4H3,(H,21,24)(H,22,23)/t11?,14-/m0/s1. The predicted octanol–water partition coefficient (Wildman–Crippen LogP) is 1.46. The second-order valence-corrected chi connectivity index (χ2v) is 7.14. The van der Waals surface area contributed by atoms with Gasteiger partial charge in [0.15, 0.2) is 0 Å². The van der Waals surface area contributed by atoms with Gasteiger partial charge in [-0.1, -0.05) is 18.2 Å². The fourth-order valence-electron chi connectivity index (χ4n) is 2.49. The van der Waals surface area contributed by atoms with Gasteiger partial charge in [0, 0.05) is 22.6 Å². The average Bonchev–Trinajstić information content (AvgIpc) is 2.88. The van der Waals surface area contributed by atoms with E-state index in [2.05, 4.69) is 15.6 Å². The molecule has 0 aliphatic heterocycles. The van der Waals surface area contributed by atoms with Gasteiger partial charge in [-0.2, -0.15) is 0 Å². The maximum Gasteiger partial charge on any atom is 0.242 e. The molecule has 5 N–H and O–H groups in total. The number of carbonyl (C=O) groups is 2. The molecule has 0 fully saturated rings. The van der Waals surface area contributed by atoms with Crippen molar-refractivity contribution in [2.24, 2.45) is 5.73 Å². The first kappa shape index (κ1) is 18.0. The first-order valence-corrected chi connectivity index (χ1v) is 8.10. The number of amides is 2. The van der Waals surface area contributed by atoms with E-state index in [4.69, 9.17) is 5.73 Å². The fraction of sp³-hybridized carbons (Fsp3) is 0.444. The zero-order valence-corrected chi connectivity index (χ0v) is 14.6. The van der Waals surface area contributed by atoms with Crippen molar-refractivity contribution < 1.29 is 9.59 Å². The Morgan fingerprint density at radius 1 is 1.21 bits per heavy atom. The quantitative estimate of drug-likeness (QED) is 0.668. The number of benzene rings is 1. The number of para-hydroxylation sites is 1. The van der Waals surface area contributed by atoms with Crippen LogP contribution in [0.1, 0.15) is 33.3 Å². The van der Waals surface area contributed by atoms with Gasteiger partial charge in [0.1, 0.15) is 6.04 Å². The van der Waals surface area contributed by atoms with E-state index in [0.717, 1.165) is 16.5 Å². The molecule has 24 heavy (non-hydrogen) atoms. The molecule has 1 heterocycles. The SMILES string of the molecule is CC(NC(=O)[C@@H](N)Cc1c[nH]c2ccccc12)C(=O)NC(C)(C)C. The minimum atomic E-state index is -0.714. The van der Waals surface area contributed by atoms with Crippen molar-refractivity contribution in [1.82, 2.24) is 15.6 Å². The lowest BCUT2D eigenvalue weighted by Crippen LogP contribution is -2.54. The van der Waals surface area contributed by atoms with E-state index < -0.39 is 12.1 Å². The Bertz CT molecular complexity index is 730. The summed E-state index contributed by atoms with van der Waals surface area (Å²) in [4.78, 5) is 27.5. The average molecular weight is 330 g/mol. The van der Waals surface area contributed by atoms with Crippen LogP contribution in [0.5, 0.6) is 0 Å². The number of H-pyrrole nitrogens is 1. The molecule has 1 aromatic carbocycles. The summed E-state index contributed by atoms with van der Waals surface area (Å²) in [5.74, 6) is -0.563. The van der Waals surface area contributed by atoms with Crippen LogP contribution < -0.4 is 16.4 Å². The Labute approximate surface area is 142 Å². The number of hydrogen-bond acceptors (Lipinski definition) is 3. The highest BCUT2D eigenvalue weighted by Crippen LogP contribution is 2.18. The van der Waals surface area contributed by atoms with Crippen LogP contribution in [0.3, 0.4) is 0 Å². The van der Waals surface area contributed by atoms with Gasteiger partial charge in [0.05, 0.1) is 6.04 Å². The monoisotopic (exact) mass is 330 g/mol. The van der Waals surface area contributed by atoms with Crippen LogP contribution in [-0.2, 0) is 16.0 Å². The van der Waals surface area contributed by atoms with Crippen molar-refractivity contribution in [3.8, 4) is 0 Å². The number of nitrogens with two attached hydrogens (primary N) is 1. The molecule has 1 unspecified atom stereocenters. The van der Waals surface area contributed by atoms with Crippen molar-refractivity contribution in [3.05, 3.63) is 36.0 Å². The highest BCUT2D eigenvalue weighted by molar-refractivity contribution is 5.90. The van der Waals surface area contributed by atoms with Gasteiger partial charge in [-0.15, -0.1) is 0 Å². The molecule has 2 atom stereocenters. The second-order valence-electron chi connectivity index (χ2n) is 7.14. The summed E-state index contributed by atoms with van der Waals surface area (Å²) in [6.45, 7) is 7.32. The molecular weight excluding hydrogens is 304 g/mol. The minimum absolute atomic E-state index is 0.227. The van der Waals surface area contributed by atoms with Crippen LogP contribution >= 0.6 is 0 Å². The van der Waals surface area contributed by atoms with Crippen molar-refractivity contribution >= 4 is 22.7 Å². The molecule has 0 saturated heterocycles. The zero-order chi connectivity index (χ0) is 17.9. The summed E-state index contributed by atoms with van der Waals surface area (Å²) < 4.78 is 0. The van der Waals surface area contributed by atoms with E-state index >= 15 is 0 Å². The molecule has 0 bridgehead atoms. The van der Waals surface area contributed by atoms with Crippen molar-refractivity contribution in [1.29, 1.82) is 0 Å². The topological polar surface area (TPSA) is 100 Å². The van der Waals surface area contributed by atoms with Gasteiger partial charge in [-0.25, -0.2) is 0 Å². The lowest BCUT2D eigenvalue weighted by atomic mass is 10.0.